The lowest BCUT2D eigenvalue weighted by Crippen LogP contribution is -2.35. The summed E-state index contributed by atoms with van der Waals surface area (Å²) in [6.45, 7) is 7.36. The van der Waals surface area contributed by atoms with Crippen molar-refractivity contribution in [3.05, 3.63) is 23.8 Å². The number of amides is 1. The summed E-state index contributed by atoms with van der Waals surface area (Å²) in [5.41, 5.74) is 1.26. The van der Waals surface area contributed by atoms with Crippen LogP contribution in [0.5, 0.6) is 0 Å². The minimum Gasteiger partial charge on any atom is -0.375 e. The van der Waals surface area contributed by atoms with E-state index < -0.39 is 0 Å². The summed E-state index contributed by atoms with van der Waals surface area (Å²) in [5, 5.41) is 0. The molecule has 3 heterocycles. The fraction of sp³-hybridized carbons (Fsp3) is 0.706. The van der Waals surface area contributed by atoms with Crippen molar-refractivity contribution in [1.82, 2.24) is 19.8 Å². The van der Waals surface area contributed by atoms with Gasteiger partial charge in [0, 0.05) is 44.8 Å². The second-order valence-corrected chi connectivity index (χ2v) is 7.13. The molecule has 0 unspecified atom stereocenters. The molecule has 1 amide bonds. The molecule has 0 spiro atoms. The summed E-state index contributed by atoms with van der Waals surface area (Å²) in [5.74, 6) is 1.29. The van der Waals surface area contributed by atoms with Crippen LogP contribution in [0.4, 0.5) is 0 Å². The van der Waals surface area contributed by atoms with Crippen molar-refractivity contribution in [3.63, 3.8) is 0 Å². The average molecular weight is 316 g/mol. The topological polar surface area (TPSA) is 58.6 Å². The minimum atomic E-state index is -0.0251. The van der Waals surface area contributed by atoms with Gasteiger partial charge in [-0.1, -0.05) is 0 Å². The molecule has 2 aliphatic heterocycles. The normalized spacial score (nSPS) is 28.5. The molecule has 1 aliphatic carbocycles. The number of rotatable bonds is 3. The molecule has 0 bridgehead atoms. The highest BCUT2D eigenvalue weighted by atomic mass is 16.5. The van der Waals surface area contributed by atoms with Gasteiger partial charge < -0.3 is 14.5 Å². The van der Waals surface area contributed by atoms with Crippen molar-refractivity contribution in [2.75, 3.05) is 39.3 Å². The molecule has 2 atom stereocenters. The number of carbonyl (C=O) groups excluding carboxylic acids is 1. The van der Waals surface area contributed by atoms with Crippen molar-refractivity contribution < 1.29 is 9.53 Å². The zero-order valence-corrected chi connectivity index (χ0v) is 13.6. The Balaban J connectivity index is 1.41. The third kappa shape index (κ3) is 3.38. The summed E-state index contributed by atoms with van der Waals surface area (Å²) >= 11 is 0. The molecule has 124 valence electrons. The number of likely N-dealkylation sites (tertiary alicyclic amines) is 1. The summed E-state index contributed by atoms with van der Waals surface area (Å²) < 4.78 is 6.02. The van der Waals surface area contributed by atoms with E-state index in [9.17, 15) is 4.79 Å². The first-order chi connectivity index (χ1) is 11.2. The molecule has 6 heteroatoms. The van der Waals surface area contributed by atoms with Crippen molar-refractivity contribution >= 4 is 5.91 Å². The van der Waals surface area contributed by atoms with Gasteiger partial charge in [-0.15, -0.1) is 0 Å². The molecular weight excluding hydrogens is 292 g/mol. The highest BCUT2D eigenvalue weighted by Gasteiger charge is 2.39. The number of fused-ring (bicyclic) bond motifs is 1. The molecule has 0 aromatic carbocycles. The van der Waals surface area contributed by atoms with E-state index >= 15 is 0 Å². The van der Waals surface area contributed by atoms with E-state index in [0.717, 1.165) is 37.9 Å². The standard InChI is InChI=1S/C17H24N4O2/c1-12-6-19-15(7-18-12)17(22)21-10-14-9-20(8-13-2-3-13)4-5-23-16(14)11-21/h6-7,13-14,16H,2-5,8-11H2,1H3/t14-,16+/m0/s1. The Bertz CT molecular complexity index is 572. The molecule has 0 N–H and O–H groups in total. The molecule has 2 saturated heterocycles. The van der Waals surface area contributed by atoms with E-state index in [1.165, 1.54) is 19.4 Å². The number of nitrogens with zero attached hydrogens (tertiary/aromatic N) is 4. The third-order valence-corrected chi connectivity index (χ3v) is 5.11. The predicted molar refractivity (Wildman–Crippen MR) is 85.1 cm³/mol. The highest BCUT2D eigenvalue weighted by Crippen LogP contribution is 2.31. The lowest BCUT2D eigenvalue weighted by molar-refractivity contribution is 0.0482. The van der Waals surface area contributed by atoms with Gasteiger partial charge in [-0.25, -0.2) is 4.98 Å². The number of ether oxygens (including phenoxy) is 1. The second kappa shape index (κ2) is 6.17. The fourth-order valence-electron chi connectivity index (χ4n) is 3.62. The minimum absolute atomic E-state index is 0.0251. The number of aryl methyl sites for hydroxylation is 1. The van der Waals surface area contributed by atoms with E-state index in [-0.39, 0.29) is 12.0 Å². The van der Waals surface area contributed by atoms with Crippen LogP contribution < -0.4 is 0 Å². The van der Waals surface area contributed by atoms with Gasteiger partial charge in [-0.05, 0) is 25.7 Å². The maximum atomic E-state index is 12.6. The van der Waals surface area contributed by atoms with Crippen LogP contribution in [0.1, 0.15) is 29.0 Å². The van der Waals surface area contributed by atoms with Crippen LogP contribution in [0.3, 0.4) is 0 Å². The van der Waals surface area contributed by atoms with E-state index in [2.05, 4.69) is 14.9 Å². The maximum Gasteiger partial charge on any atom is 0.274 e. The number of carbonyl (C=O) groups is 1. The van der Waals surface area contributed by atoms with Gasteiger partial charge in [-0.2, -0.15) is 0 Å². The maximum absolute atomic E-state index is 12.6. The zero-order chi connectivity index (χ0) is 15.8. The lowest BCUT2D eigenvalue weighted by atomic mass is 10.1. The van der Waals surface area contributed by atoms with Gasteiger partial charge in [0.2, 0.25) is 0 Å². The number of hydrogen-bond acceptors (Lipinski definition) is 5. The van der Waals surface area contributed by atoms with Gasteiger partial charge in [0.25, 0.3) is 5.91 Å². The van der Waals surface area contributed by atoms with Crippen LogP contribution in [0.15, 0.2) is 12.4 Å². The Morgan fingerprint density at radius 1 is 1.26 bits per heavy atom. The largest absolute Gasteiger partial charge is 0.375 e. The SMILES string of the molecule is Cc1cnc(C(=O)N2C[C@@H]3CN(CC4CC4)CCO[C@@H]3C2)cn1. The van der Waals surface area contributed by atoms with Crippen molar-refractivity contribution in [1.29, 1.82) is 0 Å². The molecule has 1 aromatic rings. The fourth-order valence-corrected chi connectivity index (χ4v) is 3.62. The molecule has 3 fully saturated rings. The monoisotopic (exact) mass is 316 g/mol. The summed E-state index contributed by atoms with van der Waals surface area (Å²) in [6, 6.07) is 0. The van der Waals surface area contributed by atoms with Crippen LogP contribution in [0.25, 0.3) is 0 Å². The van der Waals surface area contributed by atoms with Crippen LogP contribution in [-0.4, -0.2) is 71.1 Å². The quantitative estimate of drug-likeness (QED) is 0.831. The Hall–Kier alpha value is -1.53. The zero-order valence-electron chi connectivity index (χ0n) is 13.6. The molecule has 6 nitrogen and oxygen atoms in total. The molecule has 3 aliphatic rings. The first-order valence-electron chi connectivity index (χ1n) is 8.61. The number of aromatic nitrogens is 2. The van der Waals surface area contributed by atoms with Crippen molar-refractivity contribution in [2.45, 2.75) is 25.9 Å². The van der Waals surface area contributed by atoms with Gasteiger partial charge in [0.15, 0.2) is 0 Å². The molecule has 4 rings (SSSR count). The molecule has 1 aromatic heterocycles. The smallest absolute Gasteiger partial charge is 0.274 e. The van der Waals surface area contributed by atoms with Crippen molar-refractivity contribution in [2.24, 2.45) is 11.8 Å². The summed E-state index contributed by atoms with van der Waals surface area (Å²) in [6.07, 6.45) is 6.15. The first kappa shape index (κ1) is 15.0. The second-order valence-electron chi connectivity index (χ2n) is 7.13. The van der Waals surface area contributed by atoms with E-state index in [1.54, 1.807) is 12.4 Å². The first-order valence-corrected chi connectivity index (χ1v) is 8.61. The Morgan fingerprint density at radius 3 is 2.87 bits per heavy atom. The van der Waals surface area contributed by atoms with Crippen LogP contribution in [0.2, 0.25) is 0 Å². The summed E-state index contributed by atoms with van der Waals surface area (Å²) in [4.78, 5) is 25.4. The Labute approximate surface area is 136 Å². The van der Waals surface area contributed by atoms with Gasteiger partial charge in [-0.3, -0.25) is 9.78 Å². The lowest BCUT2D eigenvalue weighted by Gasteiger charge is -2.23. The van der Waals surface area contributed by atoms with Crippen molar-refractivity contribution in [3.8, 4) is 0 Å². The molecular formula is C17H24N4O2. The number of hydrogen-bond donors (Lipinski definition) is 0. The van der Waals surface area contributed by atoms with Gasteiger partial charge in [0.1, 0.15) is 5.69 Å². The predicted octanol–water partition coefficient (Wildman–Crippen LogP) is 0.968. The van der Waals surface area contributed by atoms with Crippen LogP contribution >= 0.6 is 0 Å². The molecule has 23 heavy (non-hydrogen) atoms. The Kier molecular flexibility index (Phi) is 4.03. The molecule has 0 radical (unpaired) electrons. The van der Waals surface area contributed by atoms with E-state index in [0.29, 0.717) is 18.2 Å². The Morgan fingerprint density at radius 2 is 2.13 bits per heavy atom. The van der Waals surface area contributed by atoms with E-state index in [1.807, 2.05) is 11.8 Å². The van der Waals surface area contributed by atoms with Gasteiger partial charge in [0.05, 0.1) is 24.6 Å². The average Bonchev–Trinajstić information content (AvgIpc) is 3.31. The van der Waals surface area contributed by atoms with E-state index in [4.69, 9.17) is 4.74 Å². The van der Waals surface area contributed by atoms with Crippen LogP contribution in [-0.2, 0) is 4.74 Å². The van der Waals surface area contributed by atoms with Crippen LogP contribution in [0, 0.1) is 18.8 Å². The highest BCUT2D eigenvalue weighted by molar-refractivity contribution is 5.92. The van der Waals surface area contributed by atoms with Gasteiger partial charge >= 0.3 is 0 Å². The summed E-state index contributed by atoms with van der Waals surface area (Å²) in [7, 11) is 0. The third-order valence-electron chi connectivity index (χ3n) is 5.11. The molecule has 1 saturated carbocycles.